The Labute approximate surface area is 79.5 Å². The van der Waals surface area contributed by atoms with Crippen LogP contribution in [0.2, 0.25) is 0 Å². The smallest absolute Gasteiger partial charge is 0.106 e. The average molecular weight is 255 g/mol. The fraction of sp³-hybridized carbons (Fsp3) is 0. The molecule has 0 bridgehead atoms. The van der Waals surface area contributed by atoms with Gasteiger partial charge in [0.25, 0.3) is 0 Å². The molecular formula is C9H6IN. The van der Waals surface area contributed by atoms with Crippen LogP contribution in [0, 0.1) is 11.3 Å². The van der Waals surface area contributed by atoms with Crippen molar-refractivity contribution in [2.75, 3.05) is 0 Å². The molecular weight excluding hydrogens is 249 g/mol. The molecule has 0 fully saturated rings. The molecule has 0 aromatic heterocycles. The first-order valence-corrected chi connectivity index (χ1v) is 4.23. The zero-order valence-corrected chi connectivity index (χ0v) is 7.95. The first kappa shape index (κ1) is 8.28. The Bertz CT molecular complexity index is 295. The average Bonchev–Trinajstić information content (AvgIpc) is 2.06. The molecule has 0 saturated heterocycles. The lowest BCUT2D eigenvalue weighted by molar-refractivity contribution is 1.53. The van der Waals surface area contributed by atoms with Gasteiger partial charge in [-0.3, -0.25) is 0 Å². The van der Waals surface area contributed by atoms with Gasteiger partial charge >= 0.3 is 0 Å². The van der Waals surface area contributed by atoms with Gasteiger partial charge in [-0.05, 0) is 34.2 Å². The van der Waals surface area contributed by atoms with Crippen LogP contribution >= 0.6 is 22.6 Å². The maximum atomic E-state index is 8.47. The van der Waals surface area contributed by atoms with Crippen molar-refractivity contribution in [3.05, 3.63) is 39.5 Å². The monoisotopic (exact) mass is 255 g/mol. The summed E-state index contributed by atoms with van der Waals surface area (Å²) in [5, 5.41) is 8.47. The number of halogens is 1. The Morgan fingerprint density at radius 2 is 2.00 bits per heavy atom. The van der Waals surface area contributed by atoms with E-state index in [-0.39, 0.29) is 0 Å². The summed E-state index contributed by atoms with van der Waals surface area (Å²) in [5.74, 6) is 0. The summed E-state index contributed by atoms with van der Waals surface area (Å²) in [5.41, 5.74) is 1.07. The SMILES string of the molecule is N#CC(I)=Cc1ccccc1. The normalized spacial score (nSPS) is 10.7. The standard InChI is InChI=1S/C9H6IN/c10-9(7-11)6-8-4-2-1-3-5-8/h1-6H. The van der Waals surface area contributed by atoms with Gasteiger partial charge in [0.15, 0.2) is 0 Å². The maximum Gasteiger partial charge on any atom is 0.106 e. The van der Waals surface area contributed by atoms with Gasteiger partial charge in [0.1, 0.15) is 6.07 Å². The van der Waals surface area contributed by atoms with Gasteiger partial charge in [-0.25, -0.2) is 0 Å². The third kappa shape index (κ3) is 2.72. The zero-order valence-electron chi connectivity index (χ0n) is 5.79. The molecule has 0 radical (unpaired) electrons. The van der Waals surface area contributed by atoms with Gasteiger partial charge in [-0.15, -0.1) is 0 Å². The number of allylic oxidation sites excluding steroid dienone is 1. The summed E-state index contributed by atoms with van der Waals surface area (Å²) in [6.45, 7) is 0. The van der Waals surface area contributed by atoms with Crippen LogP contribution in [0.1, 0.15) is 5.56 Å². The summed E-state index contributed by atoms with van der Waals surface area (Å²) in [6.07, 6.45) is 1.85. The highest BCUT2D eigenvalue weighted by Crippen LogP contribution is 2.10. The van der Waals surface area contributed by atoms with Crippen LogP contribution in [0.25, 0.3) is 6.08 Å². The quantitative estimate of drug-likeness (QED) is 0.559. The number of hydrogen-bond acceptors (Lipinski definition) is 1. The van der Waals surface area contributed by atoms with Crippen molar-refractivity contribution in [2.24, 2.45) is 0 Å². The molecule has 1 nitrogen and oxygen atoms in total. The van der Waals surface area contributed by atoms with Crippen LogP contribution in [0.4, 0.5) is 0 Å². The minimum atomic E-state index is 0.703. The van der Waals surface area contributed by atoms with Gasteiger partial charge in [0, 0.05) is 0 Å². The lowest BCUT2D eigenvalue weighted by atomic mass is 10.2. The van der Waals surface area contributed by atoms with Crippen molar-refractivity contribution < 1.29 is 0 Å². The second kappa shape index (κ2) is 4.14. The molecule has 0 spiro atoms. The summed E-state index contributed by atoms with van der Waals surface area (Å²) >= 11 is 2.01. The first-order valence-electron chi connectivity index (χ1n) is 3.15. The van der Waals surface area contributed by atoms with Gasteiger partial charge in [0.05, 0.1) is 3.58 Å². The van der Waals surface area contributed by atoms with E-state index < -0.39 is 0 Å². The van der Waals surface area contributed by atoms with E-state index in [0.29, 0.717) is 3.58 Å². The molecule has 54 valence electrons. The zero-order chi connectivity index (χ0) is 8.10. The van der Waals surface area contributed by atoms with Gasteiger partial charge in [0.2, 0.25) is 0 Å². The predicted molar refractivity (Wildman–Crippen MR) is 54.1 cm³/mol. The molecule has 0 atom stereocenters. The second-order valence-corrected chi connectivity index (χ2v) is 3.18. The van der Waals surface area contributed by atoms with E-state index in [9.17, 15) is 0 Å². The van der Waals surface area contributed by atoms with E-state index >= 15 is 0 Å². The highest BCUT2D eigenvalue weighted by atomic mass is 127. The van der Waals surface area contributed by atoms with E-state index in [0.717, 1.165) is 5.56 Å². The summed E-state index contributed by atoms with van der Waals surface area (Å²) in [4.78, 5) is 0. The van der Waals surface area contributed by atoms with Crippen molar-refractivity contribution in [3.8, 4) is 6.07 Å². The van der Waals surface area contributed by atoms with Crippen LogP contribution in [-0.4, -0.2) is 0 Å². The lowest BCUT2D eigenvalue weighted by Crippen LogP contribution is -1.69. The molecule has 0 amide bonds. The van der Waals surface area contributed by atoms with Gasteiger partial charge in [-0.2, -0.15) is 5.26 Å². The first-order chi connectivity index (χ1) is 5.33. The summed E-state index contributed by atoms with van der Waals surface area (Å²) in [7, 11) is 0. The fourth-order valence-corrected chi connectivity index (χ4v) is 1.09. The highest BCUT2D eigenvalue weighted by molar-refractivity contribution is 14.1. The molecule has 0 aliphatic heterocycles. The van der Waals surface area contributed by atoms with Crippen molar-refractivity contribution >= 4 is 28.7 Å². The Morgan fingerprint density at radius 3 is 2.55 bits per heavy atom. The predicted octanol–water partition coefficient (Wildman–Crippen LogP) is 2.99. The lowest BCUT2D eigenvalue weighted by Gasteiger charge is -1.89. The molecule has 1 rings (SSSR count). The highest BCUT2D eigenvalue weighted by Gasteiger charge is 1.87. The van der Waals surface area contributed by atoms with Crippen molar-refractivity contribution in [2.45, 2.75) is 0 Å². The van der Waals surface area contributed by atoms with Crippen LogP contribution in [0.3, 0.4) is 0 Å². The van der Waals surface area contributed by atoms with E-state index in [1.165, 1.54) is 0 Å². The Hall–Kier alpha value is -0.820. The van der Waals surface area contributed by atoms with Gasteiger partial charge in [-0.1, -0.05) is 30.3 Å². The molecule has 0 unspecified atom stereocenters. The summed E-state index contributed by atoms with van der Waals surface area (Å²) in [6, 6.07) is 11.9. The molecule has 2 heteroatoms. The Kier molecular flexibility index (Phi) is 3.12. The molecule has 0 N–H and O–H groups in total. The molecule has 1 aromatic rings. The fourth-order valence-electron chi connectivity index (χ4n) is 0.728. The number of benzene rings is 1. The number of nitriles is 1. The third-order valence-corrected chi connectivity index (χ3v) is 1.75. The van der Waals surface area contributed by atoms with Crippen molar-refractivity contribution in [1.29, 1.82) is 5.26 Å². The molecule has 0 saturated carbocycles. The van der Waals surface area contributed by atoms with Gasteiger partial charge < -0.3 is 0 Å². The van der Waals surface area contributed by atoms with E-state index in [1.807, 2.05) is 59.0 Å². The van der Waals surface area contributed by atoms with E-state index in [2.05, 4.69) is 6.07 Å². The summed E-state index contributed by atoms with van der Waals surface area (Å²) < 4.78 is 0.703. The second-order valence-electron chi connectivity index (χ2n) is 2.01. The molecule has 0 aliphatic rings. The van der Waals surface area contributed by atoms with Crippen LogP contribution in [0.15, 0.2) is 33.9 Å². The van der Waals surface area contributed by atoms with Crippen molar-refractivity contribution in [1.82, 2.24) is 0 Å². The minimum absolute atomic E-state index is 0.703. The number of hydrogen-bond donors (Lipinski definition) is 0. The molecule has 1 aromatic carbocycles. The van der Waals surface area contributed by atoms with Crippen LogP contribution in [0.5, 0.6) is 0 Å². The number of rotatable bonds is 1. The van der Waals surface area contributed by atoms with Crippen LogP contribution < -0.4 is 0 Å². The van der Waals surface area contributed by atoms with E-state index in [1.54, 1.807) is 0 Å². The molecule has 0 heterocycles. The largest absolute Gasteiger partial charge is 0.192 e. The van der Waals surface area contributed by atoms with Crippen LogP contribution in [-0.2, 0) is 0 Å². The number of nitrogens with zero attached hydrogens (tertiary/aromatic N) is 1. The Morgan fingerprint density at radius 1 is 1.36 bits per heavy atom. The maximum absolute atomic E-state index is 8.47. The van der Waals surface area contributed by atoms with Crippen molar-refractivity contribution in [3.63, 3.8) is 0 Å². The molecule has 0 aliphatic carbocycles. The Balaban J connectivity index is 2.90. The minimum Gasteiger partial charge on any atom is -0.192 e. The third-order valence-electron chi connectivity index (χ3n) is 1.20. The molecule has 11 heavy (non-hydrogen) atoms. The van der Waals surface area contributed by atoms with E-state index in [4.69, 9.17) is 5.26 Å². The topological polar surface area (TPSA) is 23.8 Å².